The zero-order valence-corrected chi connectivity index (χ0v) is 17.8. The molecule has 1 heterocycles. The molecule has 0 atom stereocenters. The van der Waals surface area contributed by atoms with Crippen LogP contribution in [-0.2, 0) is 0 Å². The molecular weight excluding hydrogens is 401 g/mol. The number of fused-ring (bicyclic) bond motifs is 1. The van der Waals surface area contributed by atoms with Gasteiger partial charge in [0.25, 0.3) is 5.91 Å². The van der Waals surface area contributed by atoms with Gasteiger partial charge in [0.2, 0.25) is 0 Å². The SMILES string of the molecule is CCN(CC)CCN(C(=O)c1ccccc1)c1nc2c(Cl)cccc2s1.Cl. The molecule has 0 N–H and O–H groups in total. The molecule has 3 aromatic rings. The van der Waals surface area contributed by atoms with Gasteiger partial charge >= 0.3 is 0 Å². The van der Waals surface area contributed by atoms with Gasteiger partial charge in [-0.3, -0.25) is 9.69 Å². The second-order valence-electron chi connectivity index (χ2n) is 5.93. The van der Waals surface area contributed by atoms with E-state index in [1.165, 1.54) is 11.3 Å². The number of likely N-dealkylation sites (N-methyl/N-ethyl adjacent to an activating group) is 1. The van der Waals surface area contributed by atoms with Gasteiger partial charge in [0.1, 0.15) is 5.52 Å². The van der Waals surface area contributed by atoms with Crippen LogP contribution in [-0.4, -0.2) is 42.0 Å². The minimum atomic E-state index is -0.0343. The lowest BCUT2D eigenvalue weighted by Crippen LogP contribution is -2.38. The first-order chi connectivity index (χ1) is 12.6. The molecule has 144 valence electrons. The second kappa shape index (κ2) is 10.0. The van der Waals surface area contributed by atoms with Crippen molar-refractivity contribution < 1.29 is 4.79 Å². The Kier molecular flexibility index (Phi) is 8.05. The number of rotatable bonds is 7. The summed E-state index contributed by atoms with van der Waals surface area (Å²) in [4.78, 5) is 21.9. The third-order valence-electron chi connectivity index (χ3n) is 4.39. The van der Waals surface area contributed by atoms with Gasteiger partial charge in [0.05, 0.1) is 9.72 Å². The standard InChI is InChI=1S/C20H22ClN3OS.ClH/c1-3-23(4-2)13-14-24(19(25)15-9-6-5-7-10-15)20-22-18-16(21)11-8-12-17(18)26-20;/h5-12H,3-4,13-14H2,1-2H3;1H. The summed E-state index contributed by atoms with van der Waals surface area (Å²) in [6, 6.07) is 15.1. The van der Waals surface area contributed by atoms with Crippen LogP contribution >= 0.6 is 35.3 Å². The molecule has 0 saturated carbocycles. The maximum atomic E-state index is 13.1. The molecule has 0 fully saturated rings. The molecule has 1 aromatic heterocycles. The van der Waals surface area contributed by atoms with E-state index >= 15 is 0 Å². The number of amides is 1. The van der Waals surface area contributed by atoms with E-state index < -0.39 is 0 Å². The summed E-state index contributed by atoms with van der Waals surface area (Å²) in [5.41, 5.74) is 1.42. The predicted octanol–water partition coefficient (Wildman–Crippen LogP) is 5.36. The van der Waals surface area contributed by atoms with Crippen molar-refractivity contribution >= 4 is 56.6 Å². The maximum absolute atomic E-state index is 13.1. The average Bonchev–Trinajstić information content (AvgIpc) is 3.11. The molecule has 0 spiro atoms. The number of benzene rings is 2. The fourth-order valence-corrected chi connectivity index (χ4v) is 4.11. The molecule has 3 rings (SSSR count). The minimum absolute atomic E-state index is 0. The number of aromatic nitrogens is 1. The van der Waals surface area contributed by atoms with Crippen LogP contribution in [0.15, 0.2) is 48.5 Å². The molecule has 0 aliphatic rings. The van der Waals surface area contributed by atoms with Crippen molar-refractivity contribution in [3.8, 4) is 0 Å². The van der Waals surface area contributed by atoms with Crippen molar-refractivity contribution in [2.75, 3.05) is 31.1 Å². The fourth-order valence-electron chi connectivity index (χ4n) is 2.82. The Balaban J connectivity index is 0.00000261. The number of thiazole rings is 1. The minimum Gasteiger partial charge on any atom is -0.302 e. The summed E-state index contributed by atoms with van der Waals surface area (Å²) >= 11 is 7.78. The number of hydrogen-bond acceptors (Lipinski definition) is 4. The Bertz CT molecular complexity index is 881. The van der Waals surface area contributed by atoms with Crippen molar-refractivity contribution in [1.29, 1.82) is 0 Å². The number of nitrogens with zero attached hydrogens (tertiary/aromatic N) is 3. The molecule has 0 aliphatic carbocycles. The van der Waals surface area contributed by atoms with Gasteiger partial charge in [0, 0.05) is 18.7 Å². The first-order valence-electron chi connectivity index (χ1n) is 8.78. The highest BCUT2D eigenvalue weighted by Gasteiger charge is 2.22. The maximum Gasteiger partial charge on any atom is 0.260 e. The molecule has 0 aliphatic heterocycles. The lowest BCUT2D eigenvalue weighted by molar-refractivity contribution is 0.0984. The van der Waals surface area contributed by atoms with Crippen molar-refractivity contribution in [1.82, 2.24) is 9.88 Å². The Morgan fingerprint density at radius 1 is 1.04 bits per heavy atom. The van der Waals surface area contributed by atoms with E-state index in [1.54, 1.807) is 4.90 Å². The van der Waals surface area contributed by atoms with Crippen LogP contribution in [0.4, 0.5) is 5.13 Å². The van der Waals surface area contributed by atoms with Gasteiger partial charge < -0.3 is 4.90 Å². The van der Waals surface area contributed by atoms with Crippen LogP contribution in [0.5, 0.6) is 0 Å². The summed E-state index contributed by atoms with van der Waals surface area (Å²) < 4.78 is 0.987. The van der Waals surface area contributed by atoms with E-state index in [2.05, 4.69) is 23.7 Å². The first kappa shape index (κ1) is 21.6. The van der Waals surface area contributed by atoms with E-state index in [0.717, 1.165) is 29.9 Å². The van der Waals surface area contributed by atoms with Crippen molar-refractivity contribution in [2.24, 2.45) is 0 Å². The molecule has 0 unspecified atom stereocenters. The van der Waals surface area contributed by atoms with E-state index in [1.807, 2.05) is 48.5 Å². The fraction of sp³-hybridized carbons (Fsp3) is 0.300. The Morgan fingerprint density at radius 3 is 2.37 bits per heavy atom. The van der Waals surface area contributed by atoms with Gasteiger partial charge in [-0.25, -0.2) is 4.98 Å². The van der Waals surface area contributed by atoms with Gasteiger partial charge in [-0.2, -0.15) is 0 Å². The van der Waals surface area contributed by atoms with E-state index in [4.69, 9.17) is 11.6 Å². The van der Waals surface area contributed by atoms with Crippen LogP contribution < -0.4 is 4.90 Å². The number of hydrogen-bond donors (Lipinski definition) is 0. The molecule has 2 aromatic carbocycles. The zero-order chi connectivity index (χ0) is 18.5. The number of anilines is 1. The summed E-state index contributed by atoms with van der Waals surface area (Å²) in [7, 11) is 0. The van der Waals surface area contributed by atoms with Crippen molar-refractivity contribution in [2.45, 2.75) is 13.8 Å². The van der Waals surface area contributed by atoms with Crippen LogP contribution in [0.2, 0.25) is 5.02 Å². The van der Waals surface area contributed by atoms with Crippen LogP contribution in [0.1, 0.15) is 24.2 Å². The number of carbonyl (C=O) groups is 1. The number of para-hydroxylation sites is 1. The molecule has 0 radical (unpaired) electrons. The largest absolute Gasteiger partial charge is 0.302 e. The topological polar surface area (TPSA) is 36.4 Å². The normalized spacial score (nSPS) is 10.8. The van der Waals surface area contributed by atoms with Crippen LogP contribution in [0.3, 0.4) is 0 Å². The van der Waals surface area contributed by atoms with Gasteiger partial charge in [0.15, 0.2) is 5.13 Å². The highest BCUT2D eigenvalue weighted by molar-refractivity contribution is 7.22. The quantitative estimate of drug-likeness (QED) is 0.512. The Morgan fingerprint density at radius 2 is 1.74 bits per heavy atom. The van der Waals surface area contributed by atoms with Crippen molar-refractivity contribution in [3.63, 3.8) is 0 Å². The molecule has 0 saturated heterocycles. The lowest BCUT2D eigenvalue weighted by atomic mass is 10.2. The lowest BCUT2D eigenvalue weighted by Gasteiger charge is -2.24. The van der Waals surface area contributed by atoms with E-state index in [-0.39, 0.29) is 18.3 Å². The molecule has 7 heteroatoms. The monoisotopic (exact) mass is 423 g/mol. The van der Waals surface area contributed by atoms with Gasteiger partial charge in [-0.1, -0.05) is 61.1 Å². The smallest absolute Gasteiger partial charge is 0.260 e. The first-order valence-corrected chi connectivity index (χ1v) is 9.97. The third kappa shape index (κ3) is 4.99. The summed E-state index contributed by atoms with van der Waals surface area (Å²) in [6.45, 7) is 7.56. The average molecular weight is 424 g/mol. The molecule has 1 amide bonds. The highest BCUT2D eigenvalue weighted by Crippen LogP contribution is 2.33. The van der Waals surface area contributed by atoms with Crippen LogP contribution in [0, 0.1) is 0 Å². The predicted molar refractivity (Wildman–Crippen MR) is 118 cm³/mol. The zero-order valence-electron chi connectivity index (χ0n) is 15.4. The number of halogens is 2. The summed E-state index contributed by atoms with van der Waals surface area (Å²) in [5, 5.41) is 1.30. The van der Waals surface area contributed by atoms with Crippen LogP contribution in [0.25, 0.3) is 10.2 Å². The second-order valence-corrected chi connectivity index (χ2v) is 7.35. The van der Waals surface area contributed by atoms with Gasteiger partial charge in [-0.05, 0) is 37.4 Å². The summed E-state index contributed by atoms with van der Waals surface area (Å²) in [5.74, 6) is -0.0343. The van der Waals surface area contributed by atoms with E-state index in [0.29, 0.717) is 22.3 Å². The number of carbonyl (C=O) groups excluding carboxylic acids is 1. The molecular formula is C20H23Cl2N3OS. The molecule has 27 heavy (non-hydrogen) atoms. The third-order valence-corrected chi connectivity index (χ3v) is 5.74. The van der Waals surface area contributed by atoms with Gasteiger partial charge in [-0.15, -0.1) is 12.4 Å². The molecule has 4 nitrogen and oxygen atoms in total. The Hall–Kier alpha value is -1.66. The highest BCUT2D eigenvalue weighted by atomic mass is 35.5. The Labute approximate surface area is 175 Å². The molecule has 0 bridgehead atoms. The van der Waals surface area contributed by atoms with E-state index in [9.17, 15) is 4.79 Å². The van der Waals surface area contributed by atoms with Crippen molar-refractivity contribution in [3.05, 3.63) is 59.1 Å². The summed E-state index contributed by atoms with van der Waals surface area (Å²) in [6.07, 6.45) is 0.